The maximum Gasteiger partial charge on any atom is 0.352 e. The van der Waals surface area contributed by atoms with Crippen molar-refractivity contribution in [3.05, 3.63) is 34.5 Å². The third kappa shape index (κ3) is 1.39. The van der Waals surface area contributed by atoms with Crippen LogP contribution >= 0.6 is 11.6 Å². The number of carboxylic acids is 1. The van der Waals surface area contributed by atoms with Gasteiger partial charge >= 0.3 is 5.97 Å². The van der Waals surface area contributed by atoms with Gasteiger partial charge in [-0.15, -0.1) is 0 Å². The Labute approximate surface area is 91.9 Å². The number of hydrogen-bond donors (Lipinski definition) is 1. The molecule has 0 radical (unpaired) electrons. The molecule has 1 heterocycles. The monoisotopic (exact) mass is 223 g/mol. The summed E-state index contributed by atoms with van der Waals surface area (Å²) in [4.78, 5) is 11.0. The van der Waals surface area contributed by atoms with Crippen LogP contribution in [0.5, 0.6) is 0 Å². The molecule has 0 bridgehead atoms. The molecule has 0 atom stereocenters. The Kier molecular flexibility index (Phi) is 2.20. The normalized spacial score (nSPS) is 10.9. The van der Waals surface area contributed by atoms with Crippen molar-refractivity contribution in [1.29, 1.82) is 0 Å². The summed E-state index contributed by atoms with van der Waals surface area (Å²) in [7, 11) is 1.73. The number of aryl methyl sites for hydroxylation is 2. The van der Waals surface area contributed by atoms with Crippen LogP contribution in [0.15, 0.2) is 18.2 Å². The highest BCUT2D eigenvalue weighted by molar-refractivity contribution is 6.35. The van der Waals surface area contributed by atoms with Crippen molar-refractivity contribution >= 4 is 28.5 Å². The molecule has 0 saturated heterocycles. The molecule has 0 unspecified atom stereocenters. The van der Waals surface area contributed by atoms with Crippen LogP contribution in [0.3, 0.4) is 0 Å². The average Bonchev–Trinajstić information content (AvgIpc) is 2.51. The second-order valence-corrected chi connectivity index (χ2v) is 3.93. The number of nitrogens with zero attached hydrogens (tertiary/aromatic N) is 1. The molecule has 2 rings (SSSR count). The predicted molar refractivity (Wildman–Crippen MR) is 59.6 cm³/mol. The van der Waals surface area contributed by atoms with Crippen molar-refractivity contribution in [3.63, 3.8) is 0 Å². The Hall–Kier alpha value is -1.48. The van der Waals surface area contributed by atoms with Crippen molar-refractivity contribution in [3.8, 4) is 0 Å². The standard InChI is InChI=1S/C11H10ClNO2/c1-6-3-4-8(12)7-5-9(11(14)15)13(2)10(6)7/h3-5H,1-2H3,(H,14,15). The molecule has 0 saturated carbocycles. The Bertz CT molecular complexity index is 557. The van der Waals surface area contributed by atoms with Gasteiger partial charge in [0, 0.05) is 17.5 Å². The zero-order chi connectivity index (χ0) is 11.2. The van der Waals surface area contributed by atoms with Crippen LogP contribution in [0.4, 0.5) is 0 Å². The Morgan fingerprint density at radius 2 is 2.13 bits per heavy atom. The summed E-state index contributed by atoms with van der Waals surface area (Å²) < 4.78 is 1.65. The van der Waals surface area contributed by atoms with E-state index >= 15 is 0 Å². The summed E-state index contributed by atoms with van der Waals surface area (Å²) in [5.74, 6) is -0.941. The van der Waals surface area contributed by atoms with Crippen LogP contribution in [0.25, 0.3) is 10.9 Å². The molecule has 0 amide bonds. The fourth-order valence-corrected chi connectivity index (χ4v) is 2.04. The smallest absolute Gasteiger partial charge is 0.352 e. The van der Waals surface area contributed by atoms with Crippen LogP contribution in [-0.4, -0.2) is 15.6 Å². The van der Waals surface area contributed by atoms with E-state index in [1.165, 1.54) is 0 Å². The van der Waals surface area contributed by atoms with E-state index in [0.717, 1.165) is 16.5 Å². The van der Waals surface area contributed by atoms with Crippen molar-refractivity contribution in [2.75, 3.05) is 0 Å². The van der Waals surface area contributed by atoms with E-state index in [2.05, 4.69) is 0 Å². The van der Waals surface area contributed by atoms with Gasteiger partial charge in [0.15, 0.2) is 0 Å². The molecule has 78 valence electrons. The summed E-state index contributed by atoms with van der Waals surface area (Å²) in [5, 5.41) is 10.4. The molecular weight excluding hydrogens is 214 g/mol. The lowest BCUT2D eigenvalue weighted by Gasteiger charge is -2.03. The largest absolute Gasteiger partial charge is 0.477 e. The minimum absolute atomic E-state index is 0.251. The first-order valence-corrected chi connectivity index (χ1v) is 4.88. The number of hydrogen-bond acceptors (Lipinski definition) is 1. The zero-order valence-corrected chi connectivity index (χ0v) is 9.17. The molecule has 0 aliphatic rings. The molecule has 1 aromatic carbocycles. The van der Waals surface area contributed by atoms with Gasteiger partial charge in [-0.2, -0.15) is 0 Å². The fourth-order valence-electron chi connectivity index (χ4n) is 1.83. The number of carboxylic acid groups (broad SMARTS) is 1. The molecule has 1 N–H and O–H groups in total. The first kappa shape index (κ1) is 10.1. The van der Waals surface area contributed by atoms with E-state index in [1.54, 1.807) is 23.7 Å². The third-order valence-corrected chi connectivity index (χ3v) is 2.89. The number of carbonyl (C=O) groups is 1. The number of aromatic nitrogens is 1. The molecule has 0 fully saturated rings. The molecule has 1 aromatic heterocycles. The fraction of sp³-hybridized carbons (Fsp3) is 0.182. The van der Waals surface area contributed by atoms with Crippen LogP contribution < -0.4 is 0 Å². The number of aromatic carboxylic acids is 1. The van der Waals surface area contributed by atoms with Crippen molar-refractivity contribution < 1.29 is 9.90 Å². The van der Waals surface area contributed by atoms with Crippen molar-refractivity contribution in [2.45, 2.75) is 6.92 Å². The predicted octanol–water partition coefficient (Wildman–Crippen LogP) is 2.84. The molecule has 3 nitrogen and oxygen atoms in total. The quantitative estimate of drug-likeness (QED) is 0.808. The molecule has 0 aliphatic heterocycles. The lowest BCUT2D eigenvalue weighted by molar-refractivity contribution is 0.0687. The summed E-state index contributed by atoms with van der Waals surface area (Å²) in [5.41, 5.74) is 2.14. The van der Waals surface area contributed by atoms with Crippen LogP contribution in [-0.2, 0) is 7.05 Å². The Balaban J connectivity index is 2.93. The highest BCUT2D eigenvalue weighted by Crippen LogP contribution is 2.28. The van der Waals surface area contributed by atoms with Crippen LogP contribution in [0.1, 0.15) is 16.1 Å². The van der Waals surface area contributed by atoms with E-state index in [-0.39, 0.29) is 5.69 Å². The lowest BCUT2D eigenvalue weighted by atomic mass is 10.1. The highest BCUT2D eigenvalue weighted by atomic mass is 35.5. The number of rotatable bonds is 1. The second kappa shape index (κ2) is 3.28. The van der Waals surface area contributed by atoms with Crippen molar-refractivity contribution in [2.24, 2.45) is 7.05 Å². The highest BCUT2D eigenvalue weighted by Gasteiger charge is 2.14. The van der Waals surface area contributed by atoms with Gasteiger partial charge in [-0.25, -0.2) is 4.79 Å². The molecule has 4 heteroatoms. The first-order chi connectivity index (χ1) is 7.02. The first-order valence-electron chi connectivity index (χ1n) is 4.50. The SMILES string of the molecule is Cc1ccc(Cl)c2cc(C(=O)O)n(C)c12. The van der Waals surface area contributed by atoms with Crippen LogP contribution in [0, 0.1) is 6.92 Å². The zero-order valence-electron chi connectivity index (χ0n) is 8.41. The van der Waals surface area contributed by atoms with E-state index in [9.17, 15) is 4.79 Å². The minimum atomic E-state index is -0.941. The lowest BCUT2D eigenvalue weighted by Crippen LogP contribution is -2.04. The van der Waals surface area contributed by atoms with Gasteiger partial charge < -0.3 is 9.67 Å². The molecule has 15 heavy (non-hydrogen) atoms. The topological polar surface area (TPSA) is 42.2 Å². The molecule has 2 aromatic rings. The van der Waals surface area contributed by atoms with Crippen molar-refractivity contribution in [1.82, 2.24) is 4.57 Å². The Morgan fingerprint density at radius 3 is 2.67 bits per heavy atom. The molecule has 0 aliphatic carbocycles. The maximum atomic E-state index is 11.0. The summed E-state index contributed by atoms with van der Waals surface area (Å²) in [6, 6.07) is 5.27. The van der Waals surface area contributed by atoms with E-state index in [4.69, 9.17) is 16.7 Å². The minimum Gasteiger partial charge on any atom is -0.477 e. The van der Waals surface area contributed by atoms with E-state index in [0.29, 0.717) is 5.02 Å². The van der Waals surface area contributed by atoms with Crippen LogP contribution in [0.2, 0.25) is 5.02 Å². The van der Waals surface area contributed by atoms with Gasteiger partial charge in [0.2, 0.25) is 0 Å². The van der Waals surface area contributed by atoms with Gasteiger partial charge in [-0.05, 0) is 24.6 Å². The molecular formula is C11H10ClNO2. The van der Waals surface area contributed by atoms with E-state index < -0.39 is 5.97 Å². The van der Waals surface area contributed by atoms with E-state index in [1.807, 2.05) is 13.0 Å². The Morgan fingerprint density at radius 1 is 1.47 bits per heavy atom. The molecule has 0 spiro atoms. The number of benzene rings is 1. The van der Waals surface area contributed by atoms with Gasteiger partial charge in [0.05, 0.1) is 5.52 Å². The summed E-state index contributed by atoms with van der Waals surface area (Å²) in [6.07, 6.45) is 0. The third-order valence-electron chi connectivity index (χ3n) is 2.56. The number of fused-ring (bicyclic) bond motifs is 1. The van der Waals surface area contributed by atoms with Gasteiger partial charge in [-0.1, -0.05) is 17.7 Å². The summed E-state index contributed by atoms with van der Waals surface area (Å²) >= 11 is 6.01. The number of halogens is 1. The average molecular weight is 224 g/mol. The van der Waals surface area contributed by atoms with Gasteiger partial charge in [-0.3, -0.25) is 0 Å². The van der Waals surface area contributed by atoms with Gasteiger partial charge in [0.1, 0.15) is 5.69 Å². The van der Waals surface area contributed by atoms with Gasteiger partial charge in [0.25, 0.3) is 0 Å². The maximum absolute atomic E-state index is 11.0. The second-order valence-electron chi connectivity index (χ2n) is 3.52. The summed E-state index contributed by atoms with van der Waals surface area (Å²) in [6.45, 7) is 1.93.